The van der Waals surface area contributed by atoms with E-state index in [0.717, 1.165) is 36.7 Å². The monoisotopic (exact) mass is 311 g/mol. The number of amides is 1. The van der Waals surface area contributed by atoms with Crippen LogP contribution in [-0.2, 0) is 4.79 Å². The molecule has 0 atom stereocenters. The molecule has 1 aromatic rings. The molecule has 0 aromatic carbocycles. The Balaban J connectivity index is 1.87. The van der Waals surface area contributed by atoms with E-state index in [4.69, 9.17) is 5.73 Å². The summed E-state index contributed by atoms with van der Waals surface area (Å²) in [6.45, 7) is 0.739. The lowest BCUT2D eigenvalue weighted by Crippen LogP contribution is -2.29. The first kappa shape index (κ1) is 13.5. The number of anilines is 1. The quantitative estimate of drug-likeness (QED) is 0.901. The molecule has 4 nitrogen and oxygen atoms in total. The van der Waals surface area contributed by atoms with E-state index in [0.29, 0.717) is 11.7 Å². The maximum Gasteiger partial charge on any atom is 0.228 e. The smallest absolute Gasteiger partial charge is 0.228 e. The minimum absolute atomic E-state index is 0.0836. The van der Waals surface area contributed by atoms with E-state index in [2.05, 4.69) is 26.2 Å². The molecule has 1 aromatic heterocycles. The van der Waals surface area contributed by atoms with Gasteiger partial charge in [-0.3, -0.25) is 4.79 Å². The number of hydrogen-bond acceptors (Lipinski definition) is 3. The first-order chi connectivity index (χ1) is 8.69. The van der Waals surface area contributed by atoms with Crippen molar-refractivity contribution >= 4 is 27.7 Å². The molecule has 1 heterocycles. The van der Waals surface area contributed by atoms with Gasteiger partial charge in [0.15, 0.2) is 0 Å². The number of nitrogens with two attached hydrogens (primary N) is 1. The van der Waals surface area contributed by atoms with Crippen molar-refractivity contribution in [2.45, 2.75) is 25.7 Å². The number of hydrogen-bond donors (Lipinski definition) is 2. The van der Waals surface area contributed by atoms with Crippen molar-refractivity contribution in [1.29, 1.82) is 0 Å². The van der Waals surface area contributed by atoms with Crippen LogP contribution in [0.3, 0.4) is 0 Å². The minimum atomic E-state index is 0.0836. The molecule has 0 radical (unpaired) electrons. The molecule has 0 unspecified atom stereocenters. The lowest BCUT2D eigenvalue weighted by Gasteiger charge is -2.26. The third-order valence-corrected chi connectivity index (χ3v) is 4.00. The predicted molar refractivity (Wildman–Crippen MR) is 75.1 cm³/mol. The van der Waals surface area contributed by atoms with Crippen LogP contribution in [0.2, 0.25) is 0 Å². The first-order valence-corrected chi connectivity index (χ1v) is 7.11. The molecular formula is C13H18BrN3O. The number of aromatic nitrogens is 1. The summed E-state index contributed by atoms with van der Waals surface area (Å²) in [6, 6.07) is 3.67. The van der Waals surface area contributed by atoms with Gasteiger partial charge in [-0.1, -0.05) is 0 Å². The van der Waals surface area contributed by atoms with Gasteiger partial charge < -0.3 is 11.1 Å². The van der Waals surface area contributed by atoms with Crippen molar-refractivity contribution in [2.24, 2.45) is 17.6 Å². The number of pyridine rings is 1. The van der Waals surface area contributed by atoms with Gasteiger partial charge in [-0.05, 0) is 66.2 Å². The highest BCUT2D eigenvalue weighted by Crippen LogP contribution is 2.28. The summed E-state index contributed by atoms with van der Waals surface area (Å²) in [5, 5.41) is 2.87. The maximum atomic E-state index is 12.1. The van der Waals surface area contributed by atoms with Gasteiger partial charge in [0.25, 0.3) is 0 Å². The van der Waals surface area contributed by atoms with Crippen LogP contribution in [0.5, 0.6) is 0 Å². The largest absolute Gasteiger partial charge is 0.330 e. The summed E-state index contributed by atoms with van der Waals surface area (Å²) >= 11 is 3.32. The average molecular weight is 312 g/mol. The zero-order valence-corrected chi connectivity index (χ0v) is 11.8. The van der Waals surface area contributed by atoms with Crippen molar-refractivity contribution in [1.82, 2.24) is 4.98 Å². The summed E-state index contributed by atoms with van der Waals surface area (Å²) in [4.78, 5) is 16.2. The van der Waals surface area contributed by atoms with E-state index < -0.39 is 0 Å². The van der Waals surface area contributed by atoms with Gasteiger partial charge in [0, 0.05) is 16.6 Å². The standard InChI is InChI=1S/C13H18BrN3O/c14-11-5-6-12(16-8-11)17-13(18)10-3-1-9(7-15)2-4-10/h5-6,8-10H,1-4,7,15H2,(H,16,17,18). The summed E-state index contributed by atoms with van der Waals surface area (Å²) in [5.74, 6) is 1.41. The molecule has 5 heteroatoms. The van der Waals surface area contributed by atoms with Crippen molar-refractivity contribution in [3.05, 3.63) is 22.8 Å². The SMILES string of the molecule is NCC1CCC(C(=O)Nc2ccc(Br)cn2)CC1. The highest BCUT2D eigenvalue weighted by atomic mass is 79.9. The number of rotatable bonds is 3. The van der Waals surface area contributed by atoms with Crippen LogP contribution in [0.15, 0.2) is 22.8 Å². The number of nitrogens with one attached hydrogen (secondary N) is 1. The molecule has 0 aliphatic heterocycles. The Morgan fingerprint density at radius 1 is 1.39 bits per heavy atom. The van der Waals surface area contributed by atoms with Crippen LogP contribution < -0.4 is 11.1 Å². The number of halogens is 1. The fraction of sp³-hybridized carbons (Fsp3) is 0.538. The van der Waals surface area contributed by atoms with Gasteiger partial charge in [0.2, 0.25) is 5.91 Å². The Kier molecular flexibility index (Phi) is 4.72. The van der Waals surface area contributed by atoms with Crippen LogP contribution in [-0.4, -0.2) is 17.4 Å². The van der Waals surface area contributed by atoms with E-state index in [1.54, 1.807) is 12.3 Å². The third-order valence-electron chi connectivity index (χ3n) is 3.53. The van der Waals surface area contributed by atoms with Crippen LogP contribution in [0.4, 0.5) is 5.82 Å². The Labute approximate surface area is 115 Å². The fourth-order valence-electron chi connectivity index (χ4n) is 2.34. The van der Waals surface area contributed by atoms with E-state index >= 15 is 0 Å². The van der Waals surface area contributed by atoms with Crippen molar-refractivity contribution in [3.63, 3.8) is 0 Å². The van der Waals surface area contributed by atoms with Crippen molar-refractivity contribution < 1.29 is 4.79 Å². The third kappa shape index (κ3) is 3.53. The molecule has 1 fully saturated rings. The summed E-state index contributed by atoms with van der Waals surface area (Å²) in [7, 11) is 0. The molecule has 98 valence electrons. The lowest BCUT2D eigenvalue weighted by atomic mass is 9.81. The van der Waals surface area contributed by atoms with Crippen LogP contribution >= 0.6 is 15.9 Å². The van der Waals surface area contributed by atoms with Gasteiger partial charge in [0.1, 0.15) is 5.82 Å². The topological polar surface area (TPSA) is 68.0 Å². The molecule has 0 saturated heterocycles. The second kappa shape index (κ2) is 6.29. The molecule has 0 spiro atoms. The zero-order valence-electron chi connectivity index (χ0n) is 10.2. The van der Waals surface area contributed by atoms with Crippen LogP contribution in [0, 0.1) is 11.8 Å². The fourth-order valence-corrected chi connectivity index (χ4v) is 2.57. The predicted octanol–water partition coefficient (Wildman–Crippen LogP) is 2.55. The minimum Gasteiger partial charge on any atom is -0.330 e. The molecular weight excluding hydrogens is 294 g/mol. The maximum absolute atomic E-state index is 12.1. The van der Waals surface area contributed by atoms with Crippen molar-refractivity contribution in [3.8, 4) is 0 Å². The number of carbonyl (C=O) groups is 1. The van der Waals surface area contributed by atoms with Crippen LogP contribution in [0.1, 0.15) is 25.7 Å². The van der Waals surface area contributed by atoms with Gasteiger partial charge in [-0.15, -0.1) is 0 Å². The molecule has 1 saturated carbocycles. The van der Waals surface area contributed by atoms with E-state index in [1.165, 1.54) is 0 Å². The number of carbonyl (C=O) groups excluding carboxylic acids is 1. The molecule has 1 aliphatic rings. The Hall–Kier alpha value is -0.940. The van der Waals surface area contributed by atoms with Gasteiger partial charge in [-0.25, -0.2) is 4.98 Å². The van der Waals surface area contributed by atoms with Crippen LogP contribution in [0.25, 0.3) is 0 Å². The Morgan fingerprint density at radius 3 is 2.67 bits per heavy atom. The second-order valence-corrected chi connectivity index (χ2v) is 5.72. The average Bonchev–Trinajstić information content (AvgIpc) is 2.41. The molecule has 1 aliphatic carbocycles. The van der Waals surface area contributed by atoms with Gasteiger partial charge in [-0.2, -0.15) is 0 Å². The second-order valence-electron chi connectivity index (χ2n) is 4.80. The molecule has 0 bridgehead atoms. The highest BCUT2D eigenvalue weighted by Gasteiger charge is 2.25. The highest BCUT2D eigenvalue weighted by molar-refractivity contribution is 9.10. The Morgan fingerprint density at radius 2 is 2.11 bits per heavy atom. The van der Waals surface area contributed by atoms with E-state index in [1.807, 2.05) is 6.07 Å². The van der Waals surface area contributed by atoms with Crippen molar-refractivity contribution in [2.75, 3.05) is 11.9 Å². The summed E-state index contributed by atoms with van der Waals surface area (Å²) in [5.41, 5.74) is 5.65. The normalized spacial score (nSPS) is 23.7. The molecule has 2 rings (SSSR count). The zero-order chi connectivity index (χ0) is 13.0. The lowest BCUT2D eigenvalue weighted by molar-refractivity contribution is -0.121. The molecule has 1 amide bonds. The molecule has 18 heavy (non-hydrogen) atoms. The number of nitrogens with zero attached hydrogens (tertiary/aromatic N) is 1. The van der Waals surface area contributed by atoms with E-state index in [9.17, 15) is 4.79 Å². The van der Waals surface area contributed by atoms with E-state index in [-0.39, 0.29) is 11.8 Å². The van der Waals surface area contributed by atoms with Gasteiger partial charge >= 0.3 is 0 Å². The summed E-state index contributed by atoms with van der Waals surface area (Å²) in [6.07, 6.45) is 5.67. The Bertz CT molecular complexity index is 399. The van der Waals surface area contributed by atoms with Gasteiger partial charge in [0.05, 0.1) is 0 Å². The molecule has 3 N–H and O–H groups in total. The first-order valence-electron chi connectivity index (χ1n) is 6.31. The summed E-state index contributed by atoms with van der Waals surface area (Å²) < 4.78 is 0.906.